The number of benzene rings is 2. The summed E-state index contributed by atoms with van der Waals surface area (Å²) in [5.74, 6) is 3.33. The van der Waals surface area contributed by atoms with Crippen molar-refractivity contribution >= 4 is 0 Å². The van der Waals surface area contributed by atoms with Gasteiger partial charge in [0.2, 0.25) is 0 Å². The molecule has 0 spiro atoms. The van der Waals surface area contributed by atoms with E-state index in [1.807, 2.05) is 0 Å². The average molecular weight is 705 g/mol. The van der Waals surface area contributed by atoms with E-state index < -0.39 is 0 Å². The van der Waals surface area contributed by atoms with Crippen molar-refractivity contribution in [2.45, 2.75) is 203 Å². The van der Waals surface area contributed by atoms with Crippen molar-refractivity contribution in [1.82, 2.24) is 0 Å². The topological polar surface area (TPSA) is 0 Å². The Balaban J connectivity index is 0.000000644. The predicted molar refractivity (Wildman–Crippen MR) is 235 cm³/mol. The Morgan fingerprint density at radius 3 is 1.10 bits per heavy atom. The van der Waals surface area contributed by atoms with Crippen LogP contribution >= 0.6 is 0 Å². The van der Waals surface area contributed by atoms with Gasteiger partial charge in [0, 0.05) is 0 Å². The van der Waals surface area contributed by atoms with E-state index >= 15 is 0 Å². The van der Waals surface area contributed by atoms with Gasteiger partial charge in [-0.05, 0) is 112 Å². The highest BCUT2D eigenvalue weighted by Crippen LogP contribution is 2.51. The summed E-state index contributed by atoms with van der Waals surface area (Å²) in [6, 6.07) is 19.7. The van der Waals surface area contributed by atoms with Crippen LogP contribution in [-0.4, -0.2) is 0 Å². The van der Waals surface area contributed by atoms with Crippen LogP contribution in [0.15, 0.2) is 54.6 Å². The quantitative estimate of drug-likeness (QED) is 0.297. The highest BCUT2D eigenvalue weighted by atomic mass is 14.5. The first-order chi connectivity index (χ1) is 22.9. The van der Waals surface area contributed by atoms with Gasteiger partial charge >= 0.3 is 0 Å². The second-order valence-electron chi connectivity index (χ2n) is 23.5. The van der Waals surface area contributed by atoms with Gasteiger partial charge in [-0.1, -0.05) is 212 Å². The smallest absolute Gasteiger partial charge is 0.0230 e. The molecule has 51 heavy (non-hydrogen) atoms. The van der Waals surface area contributed by atoms with E-state index in [1.165, 1.54) is 36.0 Å². The molecule has 0 heterocycles. The van der Waals surface area contributed by atoms with Crippen molar-refractivity contribution in [1.29, 1.82) is 0 Å². The lowest BCUT2D eigenvalue weighted by Crippen LogP contribution is -2.18. The van der Waals surface area contributed by atoms with Crippen LogP contribution in [0, 0.1) is 50.2 Å². The molecule has 4 rings (SSSR count). The molecule has 0 heteroatoms. The average Bonchev–Trinajstić information content (AvgIpc) is 3.54. The largest absolute Gasteiger partial charge is 0.0649 e. The van der Waals surface area contributed by atoms with E-state index in [2.05, 4.69) is 193 Å². The van der Waals surface area contributed by atoms with Gasteiger partial charge < -0.3 is 0 Å². The molecule has 2 aromatic rings. The van der Waals surface area contributed by atoms with Gasteiger partial charge in [-0.3, -0.25) is 0 Å². The van der Waals surface area contributed by atoms with Crippen molar-refractivity contribution < 1.29 is 0 Å². The van der Waals surface area contributed by atoms with Crippen LogP contribution < -0.4 is 0 Å². The van der Waals surface area contributed by atoms with Crippen molar-refractivity contribution in [3.05, 3.63) is 71.3 Å². The molecule has 0 aliphatic heterocycles. The fraction of sp³-hybridized carbons (Fsp3) is 0.765. The molecular weight excluding hydrogens is 613 g/mol. The lowest BCUT2D eigenvalue weighted by atomic mass is 9.77. The Morgan fingerprint density at radius 2 is 0.804 bits per heavy atom. The van der Waals surface area contributed by atoms with Gasteiger partial charge in [-0.2, -0.15) is 0 Å². The number of hydrogen-bond donors (Lipinski definition) is 0. The Bertz CT molecular complexity index is 1110. The Morgan fingerprint density at radius 1 is 0.431 bits per heavy atom. The maximum absolute atomic E-state index is 2.39. The van der Waals surface area contributed by atoms with E-state index in [0.717, 1.165) is 37.0 Å². The third kappa shape index (κ3) is 29.6. The van der Waals surface area contributed by atoms with Crippen molar-refractivity contribution in [2.24, 2.45) is 50.2 Å². The van der Waals surface area contributed by atoms with Crippen LogP contribution in [0.4, 0.5) is 0 Å². The molecule has 2 bridgehead atoms. The van der Waals surface area contributed by atoms with Crippen LogP contribution in [0.1, 0.15) is 200 Å². The SMILES string of the molecule is CC(C)(C)CC1CC2CCC1C2.CC(C)(C)Cc1cccc(CC(C)(C)C)c1.CC(C)(C)Cc1ccccc1.CCC(C)(C)C.CCC(C)(C)C. The van der Waals surface area contributed by atoms with Gasteiger partial charge in [0.05, 0.1) is 0 Å². The van der Waals surface area contributed by atoms with Crippen molar-refractivity contribution in [3.63, 3.8) is 0 Å². The molecule has 2 aliphatic rings. The molecule has 0 amide bonds. The van der Waals surface area contributed by atoms with E-state index in [0.29, 0.717) is 32.5 Å². The molecule has 0 aromatic heterocycles. The minimum atomic E-state index is 0.375. The monoisotopic (exact) mass is 705 g/mol. The summed E-state index contributed by atoms with van der Waals surface area (Å²) >= 11 is 0. The van der Waals surface area contributed by atoms with E-state index in [1.54, 1.807) is 25.7 Å². The van der Waals surface area contributed by atoms with Crippen LogP contribution in [0.3, 0.4) is 0 Å². The van der Waals surface area contributed by atoms with Gasteiger partial charge in [0.25, 0.3) is 0 Å². The lowest BCUT2D eigenvalue weighted by molar-refractivity contribution is 0.224. The molecule has 0 radical (unpaired) electrons. The number of fused-ring (bicyclic) bond motifs is 2. The zero-order valence-corrected chi connectivity index (χ0v) is 38.5. The molecule has 2 aliphatic carbocycles. The fourth-order valence-electron chi connectivity index (χ4n) is 6.70. The van der Waals surface area contributed by atoms with E-state index in [9.17, 15) is 0 Å². The Hall–Kier alpha value is -1.56. The zero-order chi connectivity index (χ0) is 39.9. The molecule has 2 aromatic carbocycles. The molecule has 2 fully saturated rings. The van der Waals surface area contributed by atoms with E-state index in [-0.39, 0.29) is 0 Å². The van der Waals surface area contributed by atoms with Gasteiger partial charge in [0.15, 0.2) is 0 Å². The first-order valence-electron chi connectivity index (χ1n) is 21.0. The first-order valence-corrected chi connectivity index (χ1v) is 21.0. The molecule has 3 atom stereocenters. The van der Waals surface area contributed by atoms with E-state index in [4.69, 9.17) is 0 Å². The number of hydrogen-bond acceptors (Lipinski definition) is 0. The summed E-state index contributed by atoms with van der Waals surface area (Å²) in [5.41, 5.74) is 7.17. The van der Waals surface area contributed by atoms with Crippen LogP contribution in [0.25, 0.3) is 0 Å². The van der Waals surface area contributed by atoms with Gasteiger partial charge in [-0.25, -0.2) is 0 Å². The molecule has 2 saturated carbocycles. The standard InChI is InChI=1S/C16H26.C12H22.C11H16.2C6H14/c1-15(2,3)11-13-8-7-9-14(10-13)12-16(4,5)6;1-12(2,3)8-11-7-9-4-5-10(11)6-9;1-11(2,3)9-10-7-5-4-6-8-10;2*1-5-6(2,3)4/h7-10H,11-12H2,1-6H3;9-11H,4-8H2,1-3H3;4-8H,9H2,1-3H3;2*5H2,1-4H3. The maximum Gasteiger partial charge on any atom is -0.0230 e. The minimum Gasteiger partial charge on any atom is -0.0649 e. The summed E-state index contributed by atoms with van der Waals surface area (Å²) in [5, 5.41) is 0. The summed E-state index contributed by atoms with van der Waals surface area (Å²) < 4.78 is 0. The van der Waals surface area contributed by atoms with Crippen molar-refractivity contribution in [3.8, 4) is 0 Å². The summed E-state index contributed by atoms with van der Waals surface area (Å²) in [7, 11) is 0. The maximum atomic E-state index is 2.39. The molecule has 296 valence electrons. The van der Waals surface area contributed by atoms with Crippen LogP contribution in [0.5, 0.6) is 0 Å². The van der Waals surface area contributed by atoms with Gasteiger partial charge in [-0.15, -0.1) is 0 Å². The van der Waals surface area contributed by atoms with Gasteiger partial charge in [0.1, 0.15) is 0 Å². The molecule has 0 saturated heterocycles. The second-order valence-corrected chi connectivity index (χ2v) is 23.5. The van der Waals surface area contributed by atoms with Crippen LogP contribution in [-0.2, 0) is 19.3 Å². The summed E-state index contributed by atoms with van der Waals surface area (Å²) in [6.07, 6.45) is 13.7. The molecular formula is C51H92. The minimum absolute atomic E-state index is 0.375. The normalized spacial score (nSPS) is 18.9. The Kier molecular flexibility index (Phi) is 20.7. The summed E-state index contributed by atoms with van der Waals surface area (Å²) in [6.45, 7) is 45.6. The highest BCUT2D eigenvalue weighted by molar-refractivity contribution is 5.25. The fourth-order valence-corrected chi connectivity index (χ4v) is 6.70. The third-order valence-corrected chi connectivity index (χ3v) is 9.92. The zero-order valence-electron chi connectivity index (χ0n) is 38.5. The third-order valence-electron chi connectivity index (χ3n) is 9.92. The summed E-state index contributed by atoms with van der Waals surface area (Å²) in [4.78, 5) is 0. The molecule has 0 N–H and O–H groups in total. The highest BCUT2D eigenvalue weighted by Gasteiger charge is 2.40. The molecule has 3 unspecified atom stereocenters. The predicted octanol–water partition coefficient (Wildman–Crippen LogP) is 16.9. The molecule has 0 nitrogen and oxygen atoms in total. The second kappa shape index (κ2) is 21.4. The van der Waals surface area contributed by atoms with Crippen molar-refractivity contribution in [2.75, 3.05) is 0 Å². The number of rotatable bonds is 4. The first kappa shape index (κ1) is 49.4. The van der Waals surface area contributed by atoms with Crippen LogP contribution in [0.2, 0.25) is 0 Å². The Labute approximate surface area is 323 Å². The lowest BCUT2D eigenvalue weighted by Gasteiger charge is -2.28.